The van der Waals surface area contributed by atoms with Crippen LogP contribution in [0.2, 0.25) is 0 Å². The molecule has 3 nitrogen and oxygen atoms in total. The molecular formula is C13H17NO2. The molecular weight excluding hydrogens is 202 g/mol. The van der Waals surface area contributed by atoms with Crippen LogP contribution < -0.4 is 4.74 Å². The number of benzene rings is 1. The van der Waals surface area contributed by atoms with Gasteiger partial charge < -0.3 is 14.4 Å². The zero-order valence-electron chi connectivity index (χ0n) is 9.73. The second-order valence-electron chi connectivity index (χ2n) is 3.85. The van der Waals surface area contributed by atoms with Crippen molar-refractivity contribution in [2.45, 2.75) is 13.3 Å². The summed E-state index contributed by atoms with van der Waals surface area (Å²) in [6.07, 6.45) is 2.75. The molecule has 0 unspecified atom stereocenters. The fourth-order valence-corrected chi connectivity index (χ4v) is 2.03. The molecule has 0 atom stereocenters. The summed E-state index contributed by atoms with van der Waals surface area (Å²) < 4.78 is 7.56. The van der Waals surface area contributed by atoms with E-state index >= 15 is 0 Å². The van der Waals surface area contributed by atoms with Gasteiger partial charge in [0.05, 0.1) is 6.61 Å². The van der Waals surface area contributed by atoms with Crippen molar-refractivity contribution < 1.29 is 9.84 Å². The van der Waals surface area contributed by atoms with Gasteiger partial charge in [0.15, 0.2) is 0 Å². The molecule has 3 heteroatoms. The van der Waals surface area contributed by atoms with Crippen LogP contribution in [0, 0.1) is 0 Å². The summed E-state index contributed by atoms with van der Waals surface area (Å²) in [5.74, 6) is 0.889. The van der Waals surface area contributed by atoms with E-state index in [0.29, 0.717) is 13.0 Å². The van der Waals surface area contributed by atoms with Gasteiger partial charge in [0, 0.05) is 30.8 Å². The van der Waals surface area contributed by atoms with E-state index in [0.717, 1.165) is 5.75 Å². The number of aromatic nitrogens is 1. The number of rotatable bonds is 4. The van der Waals surface area contributed by atoms with Gasteiger partial charge in [-0.1, -0.05) is 0 Å². The van der Waals surface area contributed by atoms with Crippen molar-refractivity contribution in [1.82, 2.24) is 4.57 Å². The first kappa shape index (κ1) is 11.0. The quantitative estimate of drug-likeness (QED) is 0.854. The van der Waals surface area contributed by atoms with Crippen LogP contribution in [-0.4, -0.2) is 22.9 Å². The number of aryl methyl sites for hydroxylation is 1. The molecule has 0 amide bonds. The van der Waals surface area contributed by atoms with Gasteiger partial charge in [-0.05, 0) is 37.1 Å². The molecule has 1 N–H and O–H groups in total. The summed E-state index contributed by atoms with van der Waals surface area (Å²) in [6.45, 7) is 2.83. The summed E-state index contributed by atoms with van der Waals surface area (Å²) in [4.78, 5) is 0. The van der Waals surface area contributed by atoms with E-state index in [1.54, 1.807) is 0 Å². The highest BCUT2D eigenvalue weighted by Crippen LogP contribution is 2.25. The van der Waals surface area contributed by atoms with Gasteiger partial charge in [0.1, 0.15) is 5.75 Å². The monoisotopic (exact) mass is 219 g/mol. The zero-order chi connectivity index (χ0) is 11.5. The van der Waals surface area contributed by atoms with Crippen molar-refractivity contribution in [3.8, 4) is 5.75 Å². The largest absolute Gasteiger partial charge is 0.494 e. The summed E-state index contributed by atoms with van der Waals surface area (Å²) in [5, 5.41) is 10.2. The Morgan fingerprint density at radius 3 is 2.88 bits per heavy atom. The molecule has 2 rings (SSSR count). The van der Waals surface area contributed by atoms with Crippen LogP contribution in [0.15, 0.2) is 24.4 Å². The predicted molar refractivity (Wildman–Crippen MR) is 64.9 cm³/mol. The molecule has 0 saturated heterocycles. The third-order valence-corrected chi connectivity index (χ3v) is 2.74. The maximum Gasteiger partial charge on any atom is 0.120 e. The van der Waals surface area contributed by atoms with Crippen molar-refractivity contribution in [3.05, 3.63) is 30.0 Å². The molecule has 0 radical (unpaired) electrons. The molecule has 1 aromatic heterocycles. The summed E-state index contributed by atoms with van der Waals surface area (Å²) in [5.41, 5.74) is 2.34. The Kier molecular flexibility index (Phi) is 3.15. The van der Waals surface area contributed by atoms with E-state index < -0.39 is 0 Å². The minimum absolute atomic E-state index is 0.179. The number of ether oxygens (including phenoxy) is 1. The number of aliphatic hydroxyl groups is 1. The molecule has 0 saturated carbocycles. The molecule has 0 aliphatic rings. The van der Waals surface area contributed by atoms with Crippen LogP contribution in [0.1, 0.15) is 12.5 Å². The van der Waals surface area contributed by atoms with Crippen molar-refractivity contribution in [1.29, 1.82) is 0 Å². The van der Waals surface area contributed by atoms with Crippen LogP contribution in [-0.2, 0) is 13.5 Å². The average Bonchev–Trinajstić information content (AvgIpc) is 2.57. The first-order valence-corrected chi connectivity index (χ1v) is 5.58. The van der Waals surface area contributed by atoms with Gasteiger partial charge in [0.25, 0.3) is 0 Å². The van der Waals surface area contributed by atoms with Crippen LogP contribution in [0.4, 0.5) is 0 Å². The normalized spacial score (nSPS) is 10.9. The maximum atomic E-state index is 9.02. The number of aliphatic hydroxyl groups excluding tert-OH is 1. The fraction of sp³-hybridized carbons (Fsp3) is 0.385. The lowest BCUT2D eigenvalue weighted by Gasteiger charge is -2.04. The summed E-state index contributed by atoms with van der Waals surface area (Å²) >= 11 is 0. The maximum absolute atomic E-state index is 9.02. The van der Waals surface area contributed by atoms with Gasteiger partial charge in [0.2, 0.25) is 0 Å². The molecule has 2 aromatic rings. The molecule has 1 aromatic carbocycles. The lowest BCUT2D eigenvalue weighted by Crippen LogP contribution is -1.92. The second-order valence-corrected chi connectivity index (χ2v) is 3.85. The molecule has 0 bridgehead atoms. The Morgan fingerprint density at radius 1 is 1.38 bits per heavy atom. The molecule has 0 aliphatic carbocycles. The minimum atomic E-state index is 0.179. The Morgan fingerprint density at radius 2 is 2.19 bits per heavy atom. The van der Waals surface area contributed by atoms with E-state index in [2.05, 4.69) is 16.8 Å². The van der Waals surface area contributed by atoms with Crippen molar-refractivity contribution in [2.24, 2.45) is 7.05 Å². The average molecular weight is 219 g/mol. The first-order chi connectivity index (χ1) is 7.76. The number of hydrogen-bond acceptors (Lipinski definition) is 2. The SMILES string of the molecule is CCOc1ccc2c(c1)c(CCO)cn2C. The lowest BCUT2D eigenvalue weighted by atomic mass is 10.1. The Balaban J connectivity index is 2.51. The Labute approximate surface area is 95.3 Å². The van der Waals surface area contributed by atoms with Crippen molar-refractivity contribution in [2.75, 3.05) is 13.2 Å². The van der Waals surface area contributed by atoms with Crippen LogP contribution in [0.25, 0.3) is 10.9 Å². The van der Waals surface area contributed by atoms with Crippen LogP contribution >= 0.6 is 0 Å². The zero-order valence-corrected chi connectivity index (χ0v) is 9.73. The lowest BCUT2D eigenvalue weighted by molar-refractivity contribution is 0.300. The number of nitrogens with zero attached hydrogens (tertiary/aromatic N) is 1. The fourth-order valence-electron chi connectivity index (χ4n) is 2.03. The highest BCUT2D eigenvalue weighted by molar-refractivity contribution is 5.85. The van der Waals surface area contributed by atoms with E-state index in [1.807, 2.05) is 26.1 Å². The number of hydrogen-bond donors (Lipinski definition) is 1. The summed E-state index contributed by atoms with van der Waals surface area (Å²) in [7, 11) is 2.02. The van der Waals surface area contributed by atoms with E-state index in [-0.39, 0.29) is 6.61 Å². The molecule has 1 heterocycles. The Hall–Kier alpha value is -1.48. The highest BCUT2D eigenvalue weighted by atomic mass is 16.5. The third-order valence-electron chi connectivity index (χ3n) is 2.74. The molecule has 16 heavy (non-hydrogen) atoms. The first-order valence-electron chi connectivity index (χ1n) is 5.58. The topological polar surface area (TPSA) is 34.4 Å². The van der Waals surface area contributed by atoms with Gasteiger partial charge in [-0.15, -0.1) is 0 Å². The smallest absolute Gasteiger partial charge is 0.120 e. The molecule has 0 aliphatic heterocycles. The van der Waals surface area contributed by atoms with Crippen LogP contribution in [0.5, 0.6) is 5.75 Å². The van der Waals surface area contributed by atoms with Gasteiger partial charge in [-0.2, -0.15) is 0 Å². The van der Waals surface area contributed by atoms with E-state index in [9.17, 15) is 0 Å². The second kappa shape index (κ2) is 4.58. The van der Waals surface area contributed by atoms with E-state index in [4.69, 9.17) is 9.84 Å². The van der Waals surface area contributed by atoms with E-state index in [1.165, 1.54) is 16.5 Å². The minimum Gasteiger partial charge on any atom is -0.494 e. The van der Waals surface area contributed by atoms with Crippen molar-refractivity contribution >= 4 is 10.9 Å². The molecule has 86 valence electrons. The van der Waals surface area contributed by atoms with Gasteiger partial charge in [-0.3, -0.25) is 0 Å². The molecule has 0 fully saturated rings. The van der Waals surface area contributed by atoms with Gasteiger partial charge >= 0.3 is 0 Å². The Bertz CT molecular complexity index is 488. The summed E-state index contributed by atoms with van der Waals surface area (Å²) in [6, 6.07) is 6.08. The molecule has 0 spiro atoms. The highest BCUT2D eigenvalue weighted by Gasteiger charge is 2.07. The number of fused-ring (bicyclic) bond motifs is 1. The van der Waals surface area contributed by atoms with Crippen LogP contribution in [0.3, 0.4) is 0 Å². The van der Waals surface area contributed by atoms with Gasteiger partial charge in [-0.25, -0.2) is 0 Å². The third kappa shape index (κ3) is 1.91. The standard InChI is InChI=1S/C13H17NO2/c1-3-16-11-4-5-13-12(8-11)10(6-7-15)9-14(13)2/h4-5,8-9,15H,3,6-7H2,1-2H3. The predicted octanol–water partition coefficient (Wildman–Crippen LogP) is 2.11. The van der Waals surface area contributed by atoms with Crippen molar-refractivity contribution in [3.63, 3.8) is 0 Å².